The number of anilines is 1. The molecule has 5 heteroatoms. The van der Waals surface area contributed by atoms with E-state index in [1.54, 1.807) is 30.5 Å². The first-order chi connectivity index (χ1) is 15.5. The molecule has 1 amide bonds. The maximum absolute atomic E-state index is 13.9. The molecule has 2 unspecified atom stereocenters. The normalized spacial score (nSPS) is 25.3. The van der Waals surface area contributed by atoms with E-state index in [9.17, 15) is 9.18 Å². The van der Waals surface area contributed by atoms with Gasteiger partial charge in [-0.05, 0) is 91.3 Å². The Morgan fingerprint density at radius 3 is 2.59 bits per heavy atom. The second-order valence-electron chi connectivity index (χ2n) is 9.34. The summed E-state index contributed by atoms with van der Waals surface area (Å²) >= 11 is 0. The number of carbonyl (C=O) groups is 1. The van der Waals surface area contributed by atoms with Crippen LogP contribution in [0.1, 0.15) is 49.7 Å². The van der Waals surface area contributed by atoms with Crippen molar-refractivity contribution >= 4 is 22.6 Å². The minimum absolute atomic E-state index is 0.0167. The van der Waals surface area contributed by atoms with E-state index in [-0.39, 0.29) is 17.6 Å². The van der Waals surface area contributed by atoms with Gasteiger partial charge in [0.25, 0.3) is 0 Å². The maximum atomic E-state index is 13.9. The Labute approximate surface area is 187 Å². The van der Waals surface area contributed by atoms with Gasteiger partial charge in [0.15, 0.2) is 0 Å². The summed E-state index contributed by atoms with van der Waals surface area (Å²) in [5, 5.41) is 3.87. The van der Waals surface area contributed by atoms with Gasteiger partial charge in [-0.15, -0.1) is 6.42 Å². The summed E-state index contributed by atoms with van der Waals surface area (Å²) in [5.74, 6) is 4.84. The highest BCUT2D eigenvalue weighted by molar-refractivity contribution is 5.91. The number of hydrogen-bond donors (Lipinski definition) is 1. The SMILES string of the molecule is C#Cc1ccc(NC(=O)C(C)[C@H]2C[C@H]3CC(c4ccnc5ccc(F)cc45)C[C@H]3C2)nc1. The number of nitrogens with zero attached hydrogens (tertiary/aromatic N) is 2. The molecule has 3 aromatic rings. The molecule has 32 heavy (non-hydrogen) atoms. The molecule has 2 aromatic heterocycles. The van der Waals surface area contributed by atoms with Crippen molar-refractivity contribution in [3.05, 3.63) is 65.7 Å². The number of benzene rings is 1. The Bertz CT molecular complexity index is 1190. The van der Waals surface area contributed by atoms with Gasteiger partial charge >= 0.3 is 0 Å². The zero-order chi connectivity index (χ0) is 22.2. The van der Waals surface area contributed by atoms with Crippen molar-refractivity contribution in [1.29, 1.82) is 0 Å². The topological polar surface area (TPSA) is 54.9 Å². The molecule has 0 radical (unpaired) electrons. The van der Waals surface area contributed by atoms with Crippen molar-refractivity contribution in [3.63, 3.8) is 0 Å². The van der Waals surface area contributed by atoms with E-state index in [1.165, 1.54) is 11.6 Å². The average Bonchev–Trinajstić information content (AvgIpc) is 3.38. The van der Waals surface area contributed by atoms with Gasteiger partial charge in [-0.1, -0.05) is 12.8 Å². The van der Waals surface area contributed by atoms with Crippen LogP contribution in [0.5, 0.6) is 0 Å². The third-order valence-corrected chi connectivity index (χ3v) is 7.53. The third-order valence-electron chi connectivity index (χ3n) is 7.53. The predicted molar refractivity (Wildman–Crippen MR) is 123 cm³/mol. The van der Waals surface area contributed by atoms with Gasteiger partial charge in [0.1, 0.15) is 11.6 Å². The fourth-order valence-electron chi connectivity index (χ4n) is 5.83. The standard InChI is InChI=1S/C27H26FN3O/c1-3-17-4-7-26(30-15-17)31-27(32)16(2)18-10-19-12-21(13-20(19)11-18)23-8-9-29-25-6-5-22(28)14-24(23)25/h1,4-9,14-16,18-21H,10-13H2,2H3,(H,30,31,32)/t16?,18-,19-,20+,21?. The Morgan fingerprint density at radius 2 is 1.91 bits per heavy atom. The summed E-state index contributed by atoms with van der Waals surface area (Å²) in [5.41, 5.74) is 2.76. The molecule has 2 saturated carbocycles. The molecule has 5 rings (SSSR count). The molecule has 0 saturated heterocycles. The van der Waals surface area contributed by atoms with Gasteiger partial charge in [-0.25, -0.2) is 9.37 Å². The number of amides is 1. The van der Waals surface area contributed by atoms with Crippen molar-refractivity contribution < 1.29 is 9.18 Å². The first-order valence-electron chi connectivity index (χ1n) is 11.3. The van der Waals surface area contributed by atoms with E-state index < -0.39 is 0 Å². The Hall–Kier alpha value is -3.26. The van der Waals surface area contributed by atoms with Gasteiger partial charge in [-0.3, -0.25) is 9.78 Å². The average molecular weight is 428 g/mol. The number of pyridine rings is 2. The molecule has 2 aliphatic rings. The molecule has 2 fully saturated rings. The van der Waals surface area contributed by atoms with E-state index in [4.69, 9.17) is 6.42 Å². The molecule has 2 heterocycles. The van der Waals surface area contributed by atoms with E-state index in [0.717, 1.165) is 36.6 Å². The molecule has 0 bridgehead atoms. The summed E-state index contributed by atoms with van der Waals surface area (Å²) in [6.45, 7) is 2.02. The van der Waals surface area contributed by atoms with Crippen LogP contribution in [0.25, 0.3) is 10.9 Å². The number of rotatable bonds is 4. The maximum Gasteiger partial charge on any atom is 0.228 e. The number of carbonyl (C=O) groups excluding carboxylic acids is 1. The van der Waals surface area contributed by atoms with Crippen LogP contribution in [0.2, 0.25) is 0 Å². The summed E-state index contributed by atoms with van der Waals surface area (Å²) in [6, 6.07) is 10.4. The minimum atomic E-state index is -0.215. The number of hydrogen-bond acceptors (Lipinski definition) is 3. The third kappa shape index (κ3) is 3.86. The Balaban J connectivity index is 1.23. The summed E-state index contributed by atoms with van der Waals surface area (Å²) in [6.07, 6.45) is 13.1. The van der Waals surface area contributed by atoms with Gasteiger partial charge < -0.3 is 5.32 Å². The second-order valence-corrected chi connectivity index (χ2v) is 9.34. The highest BCUT2D eigenvalue weighted by Crippen LogP contribution is 2.54. The second kappa shape index (κ2) is 8.35. The van der Waals surface area contributed by atoms with Crippen LogP contribution in [0.4, 0.5) is 10.2 Å². The van der Waals surface area contributed by atoms with Gasteiger partial charge in [0.2, 0.25) is 5.91 Å². The van der Waals surface area contributed by atoms with Crippen molar-refractivity contribution in [3.8, 4) is 12.3 Å². The molecular weight excluding hydrogens is 401 g/mol. The number of fused-ring (bicyclic) bond motifs is 2. The van der Waals surface area contributed by atoms with Crippen LogP contribution in [0, 0.1) is 41.8 Å². The number of nitrogens with one attached hydrogen (secondary N) is 1. The molecule has 162 valence electrons. The quantitative estimate of drug-likeness (QED) is 0.556. The van der Waals surface area contributed by atoms with E-state index >= 15 is 0 Å². The highest BCUT2D eigenvalue weighted by atomic mass is 19.1. The highest BCUT2D eigenvalue weighted by Gasteiger charge is 2.44. The number of halogens is 1. The lowest BCUT2D eigenvalue weighted by molar-refractivity contribution is -0.120. The van der Waals surface area contributed by atoms with Crippen LogP contribution >= 0.6 is 0 Å². The lowest BCUT2D eigenvalue weighted by Gasteiger charge is -2.21. The molecule has 4 nitrogen and oxygen atoms in total. The van der Waals surface area contributed by atoms with Crippen LogP contribution in [-0.2, 0) is 4.79 Å². The van der Waals surface area contributed by atoms with Crippen molar-refractivity contribution in [1.82, 2.24) is 9.97 Å². The minimum Gasteiger partial charge on any atom is -0.310 e. The van der Waals surface area contributed by atoms with Crippen LogP contribution in [-0.4, -0.2) is 15.9 Å². The van der Waals surface area contributed by atoms with Gasteiger partial charge in [0, 0.05) is 29.3 Å². The molecule has 0 aliphatic heterocycles. The first-order valence-corrected chi connectivity index (χ1v) is 11.3. The van der Waals surface area contributed by atoms with Crippen LogP contribution in [0.15, 0.2) is 48.8 Å². The fourth-order valence-corrected chi connectivity index (χ4v) is 5.83. The number of terminal acetylenes is 1. The van der Waals surface area contributed by atoms with Crippen LogP contribution in [0.3, 0.4) is 0 Å². The lowest BCUT2D eigenvalue weighted by atomic mass is 9.86. The van der Waals surface area contributed by atoms with Crippen molar-refractivity contribution in [2.45, 2.75) is 38.5 Å². The Kier molecular flexibility index (Phi) is 5.38. The predicted octanol–water partition coefficient (Wildman–Crippen LogP) is 5.54. The Morgan fingerprint density at radius 1 is 1.12 bits per heavy atom. The molecule has 1 N–H and O–H groups in total. The smallest absolute Gasteiger partial charge is 0.228 e. The molecule has 0 spiro atoms. The van der Waals surface area contributed by atoms with Gasteiger partial charge in [0.05, 0.1) is 5.52 Å². The molecule has 5 atom stereocenters. The largest absolute Gasteiger partial charge is 0.310 e. The van der Waals surface area contributed by atoms with Crippen molar-refractivity contribution in [2.75, 3.05) is 5.32 Å². The van der Waals surface area contributed by atoms with E-state index in [1.807, 2.05) is 13.1 Å². The van der Waals surface area contributed by atoms with Crippen LogP contribution < -0.4 is 5.32 Å². The molecule has 2 aliphatic carbocycles. The molecule has 1 aromatic carbocycles. The summed E-state index contributed by atoms with van der Waals surface area (Å²) in [7, 11) is 0. The van der Waals surface area contributed by atoms with Crippen molar-refractivity contribution in [2.24, 2.45) is 23.7 Å². The summed E-state index contributed by atoms with van der Waals surface area (Å²) < 4.78 is 13.9. The fraction of sp³-hybridized carbons (Fsp3) is 0.370. The molecular formula is C27H26FN3O. The van der Waals surface area contributed by atoms with E-state index in [2.05, 4.69) is 27.3 Å². The monoisotopic (exact) mass is 427 g/mol. The zero-order valence-electron chi connectivity index (χ0n) is 18.1. The summed E-state index contributed by atoms with van der Waals surface area (Å²) in [4.78, 5) is 21.4. The zero-order valence-corrected chi connectivity index (χ0v) is 18.1. The lowest BCUT2D eigenvalue weighted by Crippen LogP contribution is -2.26. The number of aromatic nitrogens is 2. The first kappa shape index (κ1) is 20.6. The van der Waals surface area contributed by atoms with E-state index in [0.29, 0.717) is 35.1 Å². The van der Waals surface area contributed by atoms with Gasteiger partial charge in [-0.2, -0.15) is 0 Å².